The van der Waals surface area contributed by atoms with E-state index in [1.54, 1.807) is 24.3 Å². The molecule has 2 aromatic carbocycles. The molecule has 2 rings (SSSR count). The predicted molar refractivity (Wildman–Crippen MR) is 88.5 cm³/mol. The standard InChI is InChI=1S/C16H18O2S2/c17-15-5-1-13(2-6-15)9-11-19-20-12-10-14-3-7-16(18)8-4-14/h1-8,17-18H,9-12H2. The second kappa shape index (κ2) is 8.12. The molecule has 0 heterocycles. The van der Waals surface area contributed by atoms with Gasteiger partial charge in [0, 0.05) is 11.5 Å². The van der Waals surface area contributed by atoms with Gasteiger partial charge in [-0.3, -0.25) is 0 Å². The van der Waals surface area contributed by atoms with Gasteiger partial charge in [0.15, 0.2) is 0 Å². The molecular formula is C16H18O2S2. The Bertz CT molecular complexity index is 460. The molecule has 0 atom stereocenters. The zero-order valence-corrected chi connectivity index (χ0v) is 12.8. The summed E-state index contributed by atoms with van der Waals surface area (Å²) < 4.78 is 0. The monoisotopic (exact) mass is 306 g/mol. The van der Waals surface area contributed by atoms with Gasteiger partial charge in [0.2, 0.25) is 0 Å². The summed E-state index contributed by atoms with van der Waals surface area (Å²) in [5.74, 6) is 2.80. The third-order valence-electron chi connectivity index (χ3n) is 2.90. The van der Waals surface area contributed by atoms with Gasteiger partial charge in [0.1, 0.15) is 11.5 Å². The van der Waals surface area contributed by atoms with Gasteiger partial charge in [0.25, 0.3) is 0 Å². The first-order valence-electron chi connectivity index (χ1n) is 6.54. The predicted octanol–water partition coefficient (Wildman–Crippen LogP) is 4.26. The summed E-state index contributed by atoms with van der Waals surface area (Å²) in [6.45, 7) is 0. The summed E-state index contributed by atoms with van der Waals surface area (Å²) in [6.07, 6.45) is 2.05. The molecule has 0 aromatic heterocycles. The lowest BCUT2D eigenvalue weighted by Gasteiger charge is -2.03. The van der Waals surface area contributed by atoms with Crippen LogP contribution in [0.3, 0.4) is 0 Å². The van der Waals surface area contributed by atoms with Crippen molar-refractivity contribution < 1.29 is 10.2 Å². The maximum Gasteiger partial charge on any atom is 0.115 e. The molecule has 0 unspecified atom stereocenters. The maximum atomic E-state index is 9.20. The number of phenols is 2. The highest BCUT2D eigenvalue weighted by molar-refractivity contribution is 8.76. The molecule has 2 N–H and O–H groups in total. The van der Waals surface area contributed by atoms with Gasteiger partial charge in [0.05, 0.1) is 0 Å². The van der Waals surface area contributed by atoms with Crippen molar-refractivity contribution >= 4 is 21.6 Å². The van der Waals surface area contributed by atoms with Crippen LogP contribution in [0.2, 0.25) is 0 Å². The Morgan fingerprint density at radius 3 is 1.30 bits per heavy atom. The number of benzene rings is 2. The molecule has 0 saturated heterocycles. The van der Waals surface area contributed by atoms with Gasteiger partial charge in [-0.25, -0.2) is 0 Å². The lowest BCUT2D eigenvalue weighted by molar-refractivity contribution is 0.474. The van der Waals surface area contributed by atoms with Crippen molar-refractivity contribution in [1.82, 2.24) is 0 Å². The quantitative estimate of drug-likeness (QED) is 0.592. The first kappa shape index (κ1) is 15.1. The highest BCUT2D eigenvalue weighted by atomic mass is 33.1. The van der Waals surface area contributed by atoms with Crippen LogP contribution < -0.4 is 0 Å². The van der Waals surface area contributed by atoms with Crippen molar-refractivity contribution in [3.05, 3.63) is 59.7 Å². The Balaban J connectivity index is 1.57. The molecule has 0 aliphatic rings. The van der Waals surface area contributed by atoms with Crippen LogP contribution in [0.1, 0.15) is 11.1 Å². The number of phenolic OH excluding ortho intramolecular Hbond substituents is 2. The van der Waals surface area contributed by atoms with Crippen molar-refractivity contribution in [2.75, 3.05) is 11.5 Å². The molecule has 0 aliphatic heterocycles. The Morgan fingerprint density at radius 1 is 0.600 bits per heavy atom. The molecule has 0 saturated carbocycles. The first-order valence-corrected chi connectivity index (χ1v) is 9.03. The normalized spacial score (nSPS) is 10.6. The summed E-state index contributed by atoms with van der Waals surface area (Å²) in [5.41, 5.74) is 2.52. The molecular weight excluding hydrogens is 288 g/mol. The van der Waals surface area contributed by atoms with Crippen molar-refractivity contribution in [1.29, 1.82) is 0 Å². The molecule has 20 heavy (non-hydrogen) atoms. The highest BCUT2D eigenvalue weighted by Crippen LogP contribution is 2.24. The Hall–Kier alpha value is -1.26. The lowest BCUT2D eigenvalue weighted by atomic mass is 10.2. The van der Waals surface area contributed by atoms with Crippen molar-refractivity contribution in [3.63, 3.8) is 0 Å². The van der Waals surface area contributed by atoms with Gasteiger partial charge < -0.3 is 10.2 Å². The Morgan fingerprint density at radius 2 is 0.950 bits per heavy atom. The minimum Gasteiger partial charge on any atom is -0.508 e. The molecule has 0 radical (unpaired) electrons. The number of hydrogen-bond acceptors (Lipinski definition) is 4. The van der Waals surface area contributed by atoms with Crippen LogP contribution >= 0.6 is 21.6 Å². The van der Waals surface area contributed by atoms with Crippen molar-refractivity contribution in [2.45, 2.75) is 12.8 Å². The van der Waals surface area contributed by atoms with E-state index in [2.05, 4.69) is 0 Å². The molecule has 0 amide bonds. The Kier molecular flexibility index (Phi) is 6.15. The summed E-state index contributed by atoms with van der Waals surface area (Å²) in [6, 6.07) is 14.8. The van der Waals surface area contributed by atoms with E-state index < -0.39 is 0 Å². The number of aromatic hydroxyl groups is 2. The van der Waals surface area contributed by atoms with E-state index in [1.807, 2.05) is 45.9 Å². The fourth-order valence-corrected chi connectivity index (χ4v) is 3.84. The topological polar surface area (TPSA) is 40.5 Å². The van der Waals surface area contributed by atoms with E-state index in [1.165, 1.54) is 11.1 Å². The summed E-state index contributed by atoms with van der Waals surface area (Å²) in [5, 5.41) is 18.4. The van der Waals surface area contributed by atoms with Gasteiger partial charge in [-0.1, -0.05) is 45.9 Å². The van der Waals surface area contributed by atoms with Crippen LogP contribution in [0.5, 0.6) is 11.5 Å². The van der Waals surface area contributed by atoms with Crippen LogP contribution in [0, 0.1) is 0 Å². The molecule has 0 fully saturated rings. The van der Waals surface area contributed by atoms with E-state index >= 15 is 0 Å². The zero-order chi connectivity index (χ0) is 14.2. The average Bonchev–Trinajstić information content (AvgIpc) is 2.46. The molecule has 2 nitrogen and oxygen atoms in total. The summed E-state index contributed by atoms with van der Waals surface area (Å²) in [7, 11) is 3.76. The Labute approximate surface area is 127 Å². The summed E-state index contributed by atoms with van der Waals surface area (Å²) >= 11 is 0. The van der Waals surface area contributed by atoms with Gasteiger partial charge in [-0.2, -0.15) is 0 Å². The van der Waals surface area contributed by atoms with Crippen LogP contribution in [0.25, 0.3) is 0 Å². The minimum absolute atomic E-state index is 0.324. The number of hydrogen-bond donors (Lipinski definition) is 2. The second-order valence-corrected chi connectivity index (χ2v) is 7.18. The first-order chi connectivity index (χ1) is 9.74. The zero-order valence-electron chi connectivity index (χ0n) is 11.2. The van der Waals surface area contributed by atoms with Crippen LogP contribution in [-0.2, 0) is 12.8 Å². The second-order valence-electron chi connectivity index (χ2n) is 4.48. The number of aryl methyl sites for hydroxylation is 2. The third kappa shape index (κ3) is 5.39. The van der Waals surface area contributed by atoms with E-state index in [-0.39, 0.29) is 0 Å². The highest BCUT2D eigenvalue weighted by Gasteiger charge is 1.97. The van der Waals surface area contributed by atoms with E-state index in [0.29, 0.717) is 11.5 Å². The van der Waals surface area contributed by atoms with E-state index in [0.717, 1.165) is 24.3 Å². The lowest BCUT2D eigenvalue weighted by Crippen LogP contribution is -1.89. The SMILES string of the molecule is Oc1ccc(CCSSCCc2ccc(O)cc2)cc1. The molecule has 0 aliphatic carbocycles. The van der Waals surface area contributed by atoms with E-state index in [9.17, 15) is 10.2 Å². The van der Waals surface area contributed by atoms with E-state index in [4.69, 9.17) is 0 Å². The maximum absolute atomic E-state index is 9.20. The molecule has 2 aromatic rings. The third-order valence-corrected chi connectivity index (χ3v) is 5.31. The molecule has 106 valence electrons. The summed E-state index contributed by atoms with van der Waals surface area (Å²) in [4.78, 5) is 0. The largest absolute Gasteiger partial charge is 0.508 e. The molecule has 4 heteroatoms. The fraction of sp³-hybridized carbons (Fsp3) is 0.250. The fourth-order valence-electron chi connectivity index (χ4n) is 1.76. The smallest absolute Gasteiger partial charge is 0.115 e. The van der Waals surface area contributed by atoms with Gasteiger partial charge in [-0.15, -0.1) is 0 Å². The minimum atomic E-state index is 0.324. The molecule has 0 bridgehead atoms. The van der Waals surface area contributed by atoms with Crippen LogP contribution in [-0.4, -0.2) is 21.7 Å². The average molecular weight is 306 g/mol. The van der Waals surface area contributed by atoms with Crippen molar-refractivity contribution in [3.8, 4) is 11.5 Å². The van der Waals surface area contributed by atoms with Gasteiger partial charge in [-0.05, 0) is 48.2 Å². The van der Waals surface area contributed by atoms with Crippen molar-refractivity contribution in [2.24, 2.45) is 0 Å². The van der Waals surface area contributed by atoms with Crippen LogP contribution in [0.4, 0.5) is 0 Å². The van der Waals surface area contributed by atoms with Crippen LogP contribution in [0.15, 0.2) is 48.5 Å². The number of rotatable bonds is 7. The van der Waals surface area contributed by atoms with Gasteiger partial charge >= 0.3 is 0 Å². The molecule has 0 spiro atoms.